The zero-order valence-corrected chi connectivity index (χ0v) is 10.4. The summed E-state index contributed by atoms with van der Waals surface area (Å²) < 4.78 is 1.22. The molecule has 2 heterocycles. The molecule has 84 valence electrons. The van der Waals surface area contributed by atoms with Gasteiger partial charge in [-0.2, -0.15) is 0 Å². The Balaban J connectivity index is 2.20. The lowest BCUT2D eigenvalue weighted by Gasteiger charge is -1.95. The first kappa shape index (κ1) is 10.4. The zero-order valence-electron chi connectivity index (χ0n) is 9.55. The molecule has 2 nitrogen and oxygen atoms in total. The molecule has 0 radical (unpaired) electrons. The number of nitrogens with zero attached hydrogens (tertiary/aromatic N) is 2. The van der Waals surface area contributed by atoms with Crippen molar-refractivity contribution in [1.82, 2.24) is 9.97 Å². The van der Waals surface area contributed by atoms with E-state index in [4.69, 9.17) is 0 Å². The van der Waals surface area contributed by atoms with Crippen LogP contribution in [-0.2, 0) is 6.42 Å². The molecular weight excluding hydrogens is 228 g/mol. The molecule has 0 aliphatic rings. The van der Waals surface area contributed by atoms with Gasteiger partial charge in [0, 0.05) is 4.88 Å². The predicted octanol–water partition coefficient (Wildman–Crippen LogP) is 3.92. The molecule has 0 bridgehead atoms. The topological polar surface area (TPSA) is 25.8 Å². The molecule has 3 aromatic rings. The second kappa shape index (κ2) is 4.26. The van der Waals surface area contributed by atoms with Crippen molar-refractivity contribution in [3.05, 3.63) is 48.4 Å². The largest absolute Gasteiger partial charge is 0.240 e. The fourth-order valence-corrected chi connectivity index (χ4v) is 3.08. The number of rotatable bonds is 2. The fourth-order valence-electron chi connectivity index (χ4n) is 1.90. The molecule has 0 unspecified atom stereocenters. The van der Waals surface area contributed by atoms with Crippen LogP contribution in [0.1, 0.15) is 12.6 Å². The Labute approximate surface area is 104 Å². The normalized spacial score (nSPS) is 10.9. The molecule has 0 N–H and O–H groups in total. The lowest BCUT2D eigenvalue weighted by Crippen LogP contribution is -1.86. The van der Waals surface area contributed by atoms with Crippen molar-refractivity contribution in [2.75, 3.05) is 0 Å². The Morgan fingerprint density at radius 3 is 2.71 bits per heavy atom. The van der Waals surface area contributed by atoms with Gasteiger partial charge in [-0.25, -0.2) is 9.97 Å². The van der Waals surface area contributed by atoms with Crippen molar-refractivity contribution in [2.45, 2.75) is 13.3 Å². The minimum atomic E-state index is 0.952. The molecule has 0 saturated carbocycles. The van der Waals surface area contributed by atoms with Crippen molar-refractivity contribution in [2.24, 2.45) is 0 Å². The second-order valence-electron chi connectivity index (χ2n) is 3.86. The Morgan fingerprint density at radius 1 is 1.12 bits per heavy atom. The summed E-state index contributed by atoms with van der Waals surface area (Å²) in [6.07, 6.45) is 2.61. The highest BCUT2D eigenvalue weighted by molar-refractivity contribution is 7.22. The molecule has 0 atom stereocenters. The maximum atomic E-state index is 4.34. The molecule has 3 heteroatoms. The third kappa shape index (κ3) is 1.83. The van der Waals surface area contributed by atoms with Crippen LogP contribution < -0.4 is 0 Å². The number of aryl methyl sites for hydroxylation is 1. The minimum absolute atomic E-state index is 0.952. The summed E-state index contributed by atoms with van der Waals surface area (Å²) in [7, 11) is 0. The van der Waals surface area contributed by atoms with E-state index in [1.807, 2.05) is 6.07 Å². The highest BCUT2D eigenvalue weighted by atomic mass is 32.1. The van der Waals surface area contributed by atoms with E-state index >= 15 is 0 Å². The van der Waals surface area contributed by atoms with E-state index in [-0.39, 0.29) is 0 Å². The number of benzene rings is 1. The third-order valence-corrected chi connectivity index (χ3v) is 4.00. The van der Waals surface area contributed by atoms with Crippen LogP contribution in [0.25, 0.3) is 20.7 Å². The zero-order chi connectivity index (χ0) is 11.7. The Bertz CT molecular complexity index is 644. The van der Waals surface area contributed by atoms with E-state index in [2.05, 4.69) is 47.2 Å². The van der Waals surface area contributed by atoms with Crippen molar-refractivity contribution in [3.8, 4) is 10.4 Å². The van der Waals surface area contributed by atoms with E-state index in [0.717, 1.165) is 17.6 Å². The lowest BCUT2D eigenvalue weighted by molar-refractivity contribution is 1.04. The van der Waals surface area contributed by atoms with E-state index < -0.39 is 0 Å². The molecule has 0 spiro atoms. The number of hydrogen-bond donors (Lipinski definition) is 0. The van der Waals surface area contributed by atoms with Gasteiger partial charge < -0.3 is 0 Å². The van der Waals surface area contributed by atoms with Crippen LogP contribution in [0.3, 0.4) is 0 Å². The van der Waals surface area contributed by atoms with Gasteiger partial charge in [0.05, 0.1) is 15.9 Å². The SMILES string of the molecule is CCc1ncnc2cc(-c3ccccc3)sc12. The molecule has 3 rings (SSSR count). The summed E-state index contributed by atoms with van der Waals surface area (Å²) in [6.45, 7) is 2.13. The van der Waals surface area contributed by atoms with Crippen molar-refractivity contribution in [3.63, 3.8) is 0 Å². The maximum absolute atomic E-state index is 4.34. The smallest absolute Gasteiger partial charge is 0.116 e. The molecule has 0 aliphatic carbocycles. The number of thiophene rings is 1. The first-order valence-electron chi connectivity index (χ1n) is 5.67. The average molecular weight is 240 g/mol. The molecule has 0 fully saturated rings. The molecule has 17 heavy (non-hydrogen) atoms. The van der Waals surface area contributed by atoms with Gasteiger partial charge in [-0.3, -0.25) is 0 Å². The Hall–Kier alpha value is -1.74. The first-order chi connectivity index (χ1) is 8.38. The highest BCUT2D eigenvalue weighted by Crippen LogP contribution is 2.33. The van der Waals surface area contributed by atoms with Crippen molar-refractivity contribution >= 4 is 21.6 Å². The summed E-state index contributed by atoms with van der Waals surface area (Å²) in [6, 6.07) is 12.6. The molecule has 0 saturated heterocycles. The first-order valence-corrected chi connectivity index (χ1v) is 6.49. The number of fused-ring (bicyclic) bond motifs is 1. The lowest BCUT2D eigenvalue weighted by atomic mass is 10.2. The van der Waals surface area contributed by atoms with Gasteiger partial charge in [-0.15, -0.1) is 11.3 Å². The monoisotopic (exact) mass is 240 g/mol. The Morgan fingerprint density at radius 2 is 1.94 bits per heavy atom. The van der Waals surface area contributed by atoms with Crippen LogP contribution in [0.5, 0.6) is 0 Å². The average Bonchev–Trinajstić information content (AvgIpc) is 2.83. The summed E-state index contributed by atoms with van der Waals surface area (Å²) >= 11 is 1.78. The quantitative estimate of drug-likeness (QED) is 0.678. The van der Waals surface area contributed by atoms with Crippen LogP contribution >= 0.6 is 11.3 Å². The van der Waals surface area contributed by atoms with E-state index in [1.54, 1.807) is 17.7 Å². The van der Waals surface area contributed by atoms with Crippen LogP contribution in [0, 0.1) is 0 Å². The van der Waals surface area contributed by atoms with Gasteiger partial charge in [0.2, 0.25) is 0 Å². The predicted molar refractivity (Wildman–Crippen MR) is 72.2 cm³/mol. The summed E-state index contributed by atoms with van der Waals surface area (Å²) in [5.41, 5.74) is 3.44. The van der Waals surface area contributed by atoms with Crippen LogP contribution in [0.15, 0.2) is 42.7 Å². The van der Waals surface area contributed by atoms with E-state index in [9.17, 15) is 0 Å². The number of aromatic nitrogens is 2. The highest BCUT2D eigenvalue weighted by Gasteiger charge is 2.08. The standard InChI is InChI=1S/C14H12N2S/c1-2-11-14-12(16-9-15-11)8-13(17-14)10-6-4-3-5-7-10/h3-9H,2H2,1H3. The molecule has 1 aromatic carbocycles. The Kier molecular flexibility index (Phi) is 2.61. The minimum Gasteiger partial charge on any atom is -0.240 e. The fraction of sp³-hybridized carbons (Fsp3) is 0.143. The molecule has 0 amide bonds. The summed E-state index contributed by atoms with van der Waals surface area (Å²) in [4.78, 5) is 9.93. The second-order valence-corrected chi connectivity index (χ2v) is 4.92. The molecule has 0 aliphatic heterocycles. The third-order valence-electron chi connectivity index (χ3n) is 2.78. The summed E-state index contributed by atoms with van der Waals surface area (Å²) in [5.74, 6) is 0. The van der Waals surface area contributed by atoms with Crippen molar-refractivity contribution in [1.29, 1.82) is 0 Å². The molecular formula is C14H12N2S. The maximum Gasteiger partial charge on any atom is 0.116 e. The van der Waals surface area contributed by atoms with Crippen LogP contribution in [-0.4, -0.2) is 9.97 Å². The van der Waals surface area contributed by atoms with E-state index in [1.165, 1.54) is 15.1 Å². The van der Waals surface area contributed by atoms with E-state index in [0.29, 0.717) is 0 Å². The van der Waals surface area contributed by atoms with Gasteiger partial charge in [0.15, 0.2) is 0 Å². The van der Waals surface area contributed by atoms with Gasteiger partial charge >= 0.3 is 0 Å². The van der Waals surface area contributed by atoms with Gasteiger partial charge in [0.25, 0.3) is 0 Å². The van der Waals surface area contributed by atoms with Gasteiger partial charge in [-0.05, 0) is 18.1 Å². The van der Waals surface area contributed by atoms with Crippen molar-refractivity contribution < 1.29 is 0 Å². The summed E-state index contributed by atoms with van der Waals surface area (Å²) in [5, 5.41) is 0. The van der Waals surface area contributed by atoms with Gasteiger partial charge in [-0.1, -0.05) is 37.3 Å². The van der Waals surface area contributed by atoms with Gasteiger partial charge in [0.1, 0.15) is 6.33 Å². The number of hydrogen-bond acceptors (Lipinski definition) is 3. The van der Waals surface area contributed by atoms with Crippen LogP contribution in [0.2, 0.25) is 0 Å². The van der Waals surface area contributed by atoms with Crippen LogP contribution in [0.4, 0.5) is 0 Å². The molecule has 2 aromatic heterocycles.